The van der Waals surface area contributed by atoms with E-state index in [0.717, 1.165) is 31.2 Å². The van der Waals surface area contributed by atoms with Gasteiger partial charge in [0.25, 0.3) is 0 Å². The summed E-state index contributed by atoms with van der Waals surface area (Å²) < 4.78 is 49.7. The molecule has 0 amide bonds. The van der Waals surface area contributed by atoms with Gasteiger partial charge in [-0.15, -0.1) is 0 Å². The van der Waals surface area contributed by atoms with Crippen molar-refractivity contribution in [2.75, 3.05) is 0 Å². The summed E-state index contributed by atoms with van der Waals surface area (Å²) in [6.07, 6.45) is -4.55. The highest BCUT2D eigenvalue weighted by atomic mass is 19.4. The minimum absolute atomic E-state index is 0.161. The van der Waals surface area contributed by atoms with Crippen LogP contribution in [-0.2, 0) is 5.54 Å². The lowest BCUT2D eigenvalue weighted by atomic mass is 9.93. The molecule has 78 valence electrons. The molecule has 1 nitrogen and oxygen atoms in total. The second-order valence-electron chi connectivity index (χ2n) is 3.21. The van der Waals surface area contributed by atoms with Crippen LogP contribution in [0.2, 0.25) is 0 Å². The van der Waals surface area contributed by atoms with Gasteiger partial charge in [-0.3, -0.25) is 0 Å². The fraction of sp³-hybridized carbons (Fsp3) is 0.333. The van der Waals surface area contributed by atoms with Crippen molar-refractivity contribution in [2.24, 2.45) is 5.73 Å². The fourth-order valence-corrected chi connectivity index (χ4v) is 0.960. The van der Waals surface area contributed by atoms with Crippen molar-refractivity contribution in [3.8, 4) is 0 Å². The first-order valence-corrected chi connectivity index (χ1v) is 3.87. The lowest BCUT2D eigenvalue weighted by Crippen LogP contribution is -2.47. The minimum atomic E-state index is -4.55. The van der Waals surface area contributed by atoms with Crippen molar-refractivity contribution in [3.05, 3.63) is 35.6 Å². The molecule has 1 unspecified atom stereocenters. The van der Waals surface area contributed by atoms with E-state index in [2.05, 4.69) is 0 Å². The van der Waals surface area contributed by atoms with Crippen LogP contribution in [0.3, 0.4) is 0 Å². The zero-order valence-corrected chi connectivity index (χ0v) is 7.40. The summed E-state index contributed by atoms with van der Waals surface area (Å²) in [5.74, 6) is -0.591. The Labute approximate surface area is 78.5 Å². The maximum atomic E-state index is 12.4. The lowest BCUT2D eigenvalue weighted by molar-refractivity contribution is -0.184. The van der Waals surface area contributed by atoms with Gasteiger partial charge in [-0.1, -0.05) is 12.1 Å². The van der Waals surface area contributed by atoms with E-state index in [1.807, 2.05) is 0 Å². The number of halogens is 4. The van der Waals surface area contributed by atoms with Gasteiger partial charge in [-0.2, -0.15) is 13.2 Å². The van der Waals surface area contributed by atoms with Gasteiger partial charge < -0.3 is 5.73 Å². The maximum Gasteiger partial charge on any atom is 0.410 e. The zero-order chi connectivity index (χ0) is 11.0. The van der Waals surface area contributed by atoms with Gasteiger partial charge in [0.15, 0.2) is 0 Å². The summed E-state index contributed by atoms with van der Waals surface area (Å²) in [6.45, 7) is 0.847. The Bertz CT molecular complexity index is 313. The Balaban J connectivity index is 3.10. The largest absolute Gasteiger partial charge is 0.410 e. The molecule has 1 aromatic carbocycles. The molecule has 1 atom stereocenters. The van der Waals surface area contributed by atoms with Crippen LogP contribution >= 0.6 is 0 Å². The number of benzene rings is 1. The van der Waals surface area contributed by atoms with Crippen molar-refractivity contribution < 1.29 is 17.6 Å². The third kappa shape index (κ3) is 1.87. The molecular formula is C9H9F4N. The van der Waals surface area contributed by atoms with Crippen LogP contribution in [0.1, 0.15) is 12.5 Å². The van der Waals surface area contributed by atoms with Crippen molar-refractivity contribution in [2.45, 2.75) is 18.6 Å². The topological polar surface area (TPSA) is 26.0 Å². The van der Waals surface area contributed by atoms with E-state index in [0.29, 0.717) is 0 Å². The van der Waals surface area contributed by atoms with Gasteiger partial charge in [0.05, 0.1) is 0 Å². The van der Waals surface area contributed by atoms with Gasteiger partial charge >= 0.3 is 6.18 Å². The van der Waals surface area contributed by atoms with E-state index in [9.17, 15) is 17.6 Å². The van der Waals surface area contributed by atoms with Crippen LogP contribution in [0.15, 0.2) is 24.3 Å². The van der Waals surface area contributed by atoms with Gasteiger partial charge in [-0.25, -0.2) is 4.39 Å². The predicted molar refractivity (Wildman–Crippen MR) is 44.0 cm³/mol. The monoisotopic (exact) mass is 207 g/mol. The number of rotatable bonds is 1. The first kappa shape index (κ1) is 11.0. The molecule has 0 aliphatic rings. The van der Waals surface area contributed by atoms with E-state index in [1.165, 1.54) is 0 Å². The Hall–Kier alpha value is -1.10. The Morgan fingerprint density at radius 1 is 1.07 bits per heavy atom. The average molecular weight is 207 g/mol. The molecule has 0 saturated carbocycles. The smallest absolute Gasteiger partial charge is 0.314 e. The van der Waals surface area contributed by atoms with Crippen LogP contribution < -0.4 is 5.73 Å². The fourth-order valence-electron chi connectivity index (χ4n) is 0.960. The molecule has 1 aromatic rings. The van der Waals surface area contributed by atoms with Crippen LogP contribution in [0, 0.1) is 5.82 Å². The third-order valence-corrected chi connectivity index (χ3v) is 2.03. The van der Waals surface area contributed by atoms with Gasteiger partial charge in [0.2, 0.25) is 0 Å². The Kier molecular flexibility index (Phi) is 2.54. The molecule has 14 heavy (non-hydrogen) atoms. The number of hydrogen-bond acceptors (Lipinski definition) is 1. The molecular weight excluding hydrogens is 198 g/mol. The van der Waals surface area contributed by atoms with Crippen molar-refractivity contribution >= 4 is 0 Å². The summed E-state index contributed by atoms with van der Waals surface area (Å²) in [5.41, 5.74) is 2.51. The molecule has 0 radical (unpaired) electrons. The molecule has 0 heterocycles. The highest BCUT2D eigenvalue weighted by Gasteiger charge is 2.49. The number of hydrogen-bond donors (Lipinski definition) is 1. The molecule has 0 aliphatic heterocycles. The SMILES string of the molecule is CC(N)(c1ccc(F)cc1)C(F)(F)F. The Morgan fingerprint density at radius 2 is 1.50 bits per heavy atom. The quantitative estimate of drug-likeness (QED) is 0.703. The first-order valence-electron chi connectivity index (χ1n) is 3.87. The third-order valence-electron chi connectivity index (χ3n) is 2.03. The number of nitrogens with two attached hydrogens (primary N) is 1. The zero-order valence-electron chi connectivity index (χ0n) is 7.40. The van der Waals surface area contributed by atoms with Crippen molar-refractivity contribution in [1.29, 1.82) is 0 Å². The molecule has 0 fully saturated rings. The van der Waals surface area contributed by atoms with Crippen LogP contribution in [-0.4, -0.2) is 6.18 Å². The first-order chi connectivity index (χ1) is 6.25. The van der Waals surface area contributed by atoms with E-state index >= 15 is 0 Å². The summed E-state index contributed by atoms with van der Waals surface area (Å²) in [4.78, 5) is 0. The summed E-state index contributed by atoms with van der Waals surface area (Å²) >= 11 is 0. The highest BCUT2D eigenvalue weighted by molar-refractivity contribution is 5.25. The van der Waals surface area contributed by atoms with Gasteiger partial charge in [0, 0.05) is 0 Å². The average Bonchev–Trinajstić information content (AvgIpc) is 2.03. The van der Waals surface area contributed by atoms with E-state index in [4.69, 9.17) is 5.73 Å². The lowest BCUT2D eigenvalue weighted by Gasteiger charge is -2.27. The molecule has 0 spiro atoms. The molecule has 0 aromatic heterocycles. The molecule has 0 saturated heterocycles. The molecule has 2 N–H and O–H groups in total. The highest BCUT2D eigenvalue weighted by Crippen LogP contribution is 2.36. The van der Waals surface area contributed by atoms with Crippen LogP contribution in [0.5, 0.6) is 0 Å². The second-order valence-corrected chi connectivity index (χ2v) is 3.21. The summed E-state index contributed by atoms with van der Waals surface area (Å²) in [7, 11) is 0. The van der Waals surface area contributed by atoms with Gasteiger partial charge in [-0.05, 0) is 24.6 Å². The summed E-state index contributed by atoms with van der Waals surface area (Å²) in [5, 5.41) is 0. The van der Waals surface area contributed by atoms with Crippen LogP contribution in [0.4, 0.5) is 17.6 Å². The molecule has 1 rings (SSSR count). The van der Waals surface area contributed by atoms with Crippen molar-refractivity contribution in [3.63, 3.8) is 0 Å². The van der Waals surface area contributed by atoms with E-state index in [1.54, 1.807) is 0 Å². The normalized spacial score (nSPS) is 16.4. The van der Waals surface area contributed by atoms with E-state index < -0.39 is 17.5 Å². The molecule has 5 heteroatoms. The minimum Gasteiger partial charge on any atom is -0.314 e. The number of alkyl halides is 3. The Morgan fingerprint density at radius 3 is 1.86 bits per heavy atom. The predicted octanol–water partition coefficient (Wildman–Crippen LogP) is 2.56. The van der Waals surface area contributed by atoms with Crippen molar-refractivity contribution in [1.82, 2.24) is 0 Å². The maximum absolute atomic E-state index is 12.4. The summed E-state index contributed by atoms with van der Waals surface area (Å²) in [6, 6.07) is 3.96. The van der Waals surface area contributed by atoms with Crippen LogP contribution in [0.25, 0.3) is 0 Å². The standard InChI is InChI=1S/C9H9F4N/c1-8(14,9(11,12)13)6-2-4-7(10)5-3-6/h2-5H,14H2,1H3. The molecule has 0 aliphatic carbocycles. The molecule has 0 bridgehead atoms. The second kappa shape index (κ2) is 3.24. The van der Waals surface area contributed by atoms with Gasteiger partial charge in [0.1, 0.15) is 11.4 Å². The van der Waals surface area contributed by atoms with E-state index in [-0.39, 0.29) is 5.56 Å².